The largest absolute Gasteiger partial charge is 0.333 e. The van der Waals surface area contributed by atoms with Gasteiger partial charge in [-0.1, -0.05) is 24.3 Å². The number of carbonyl (C=O) groups excluding carboxylic acids is 1. The summed E-state index contributed by atoms with van der Waals surface area (Å²) in [6.45, 7) is 3.92. The molecule has 1 aromatic carbocycles. The number of aryl methyl sites for hydroxylation is 1. The smallest absolute Gasteiger partial charge is 0.274 e. The van der Waals surface area contributed by atoms with Gasteiger partial charge in [-0.05, 0) is 62.7 Å². The zero-order valence-corrected chi connectivity index (χ0v) is 16.2. The fraction of sp³-hybridized carbons (Fsp3) is 0.545. The molecule has 5 rings (SSSR count). The van der Waals surface area contributed by atoms with Crippen LogP contribution in [0.15, 0.2) is 24.3 Å². The summed E-state index contributed by atoms with van der Waals surface area (Å²) in [6, 6.07) is 9.06. The third-order valence-electron chi connectivity index (χ3n) is 6.71. The van der Waals surface area contributed by atoms with Gasteiger partial charge in [0.15, 0.2) is 5.69 Å². The molecule has 1 atom stereocenters. The van der Waals surface area contributed by atoms with Crippen LogP contribution in [0.1, 0.15) is 52.1 Å². The molecule has 1 aliphatic carbocycles. The number of hydrogen-bond donors (Lipinski definition) is 0. The molecular weight excluding hydrogens is 336 g/mol. The van der Waals surface area contributed by atoms with Gasteiger partial charge in [0, 0.05) is 37.4 Å². The van der Waals surface area contributed by atoms with Gasteiger partial charge in [-0.15, -0.1) is 0 Å². The standard InChI is InChI=1S/C22H28N4O/c1-24-20-9-8-18(25-11-4-5-12-25)14-19(20)21(23-24)22(27)26-13-10-16-6-2-3-7-17(16)15-26/h2-3,6-7,18H,4-5,8-15H2,1H3. The van der Waals surface area contributed by atoms with Gasteiger partial charge in [-0.3, -0.25) is 9.48 Å². The zero-order valence-electron chi connectivity index (χ0n) is 16.2. The number of hydrogen-bond acceptors (Lipinski definition) is 3. The molecule has 0 radical (unpaired) electrons. The van der Waals surface area contributed by atoms with Crippen molar-refractivity contribution in [2.45, 2.75) is 51.1 Å². The molecule has 1 fully saturated rings. The Morgan fingerprint density at radius 1 is 1.07 bits per heavy atom. The molecule has 1 unspecified atom stereocenters. The Labute approximate surface area is 161 Å². The summed E-state index contributed by atoms with van der Waals surface area (Å²) in [5.74, 6) is 0.114. The highest BCUT2D eigenvalue weighted by Crippen LogP contribution is 2.30. The van der Waals surface area contributed by atoms with Crippen molar-refractivity contribution in [3.8, 4) is 0 Å². The van der Waals surface area contributed by atoms with Crippen LogP contribution < -0.4 is 0 Å². The number of likely N-dealkylation sites (tertiary alicyclic amines) is 1. The van der Waals surface area contributed by atoms with Crippen molar-refractivity contribution in [1.29, 1.82) is 0 Å². The van der Waals surface area contributed by atoms with Crippen molar-refractivity contribution >= 4 is 5.91 Å². The van der Waals surface area contributed by atoms with Crippen LogP contribution in [-0.4, -0.2) is 51.2 Å². The average Bonchev–Trinajstić information content (AvgIpc) is 3.35. The van der Waals surface area contributed by atoms with E-state index in [9.17, 15) is 4.79 Å². The van der Waals surface area contributed by atoms with Crippen LogP contribution in [0.2, 0.25) is 0 Å². The second-order valence-electron chi connectivity index (χ2n) is 8.28. The van der Waals surface area contributed by atoms with Crippen LogP contribution in [0, 0.1) is 0 Å². The van der Waals surface area contributed by atoms with E-state index >= 15 is 0 Å². The Kier molecular flexibility index (Phi) is 4.27. The molecule has 27 heavy (non-hydrogen) atoms. The molecule has 5 nitrogen and oxygen atoms in total. The van der Waals surface area contributed by atoms with Crippen molar-refractivity contribution in [3.63, 3.8) is 0 Å². The highest BCUT2D eigenvalue weighted by Gasteiger charge is 2.34. The number of fused-ring (bicyclic) bond motifs is 2. The average molecular weight is 364 g/mol. The fourth-order valence-corrected chi connectivity index (χ4v) is 5.18. The molecule has 0 spiro atoms. The second-order valence-corrected chi connectivity index (χ2v) is 8.28. The molecule has 142 valence electrons. The summed E-state index contributed by atoms with van der Waals surface area (Å²) in [5.41, 5.74) is 5.84. The topological polar surface area (TPSA) is 41.4 Å². The minimum atomic E-state index is 0.114. The third kappa shape index (κ3) is 2.98. The van der Waals surface area contributed by atoms with Crippen molar-refractivity contribution in [3.05, 3.63) is 52.3 Å². The molecule has 1 aromatic heterocycles. The SMILES string of the molecule is Cn1nc(C(=O)N2CCc3ccccc3C2)c2c1CCC(N1CCCC1)C2. The summed E-state index contributed by atoms with van der Waals surface area (Å²) in [6.07, 6.45) is 6.78. The van der Waals surface area contributed by atoms with E-state index in [1.54, 1.807) is 0 Å². The number of amides is 1. The molecule has 1 amide bonds. The first-order chi connectivity index (χ1) is 13.2. The Morgan fingerprint density at radius 3 is 2.67 bits per heavy atom. The van der Waals surface area contributed by atoms with Crippen LogP contribution in [0.4, 0.5) is 0 Å². The Bertz CT molecular complexity index is 865. The van der Waals surface area contributed by atoms with Gasteiger partial charge in [0.2, 0.25) is 0 Å². The maximum absolute atomic E-state index is 13.4. The van der Waals surface area contributed by atoms with Gasteiger partial charge in [0.25, 0.3) is 5.91 Å². The van der Waals surface area contributed by atoms with Crippen LogP contribution in [0.3, 0.4) is 0 Å². The molecule has 2 aromatic rings. The molecule has 0 saturated carbocycles. The van der Waals surface area contributed by atoms with Crippen molar-refractivity contribution in [2.75, 3.05) is 19.6 Å². The molecular formula is C22H28N4O. The van der Waals surface area contributed by atoms with E-state index in [2.05, 4.69) is 29.2 Å². The van der Waals surface area contributed by atoms with Crippen LogP contribution >= 0.6 is 0 Å². The summed E-state index contributed by atoms with van der Waals surface area (Å²) in [7, 11) is 2.00. The van der Waals surface area contributed by atoms with Gasteiger partial charge in [-0.2, -0.15) is 5.10 Å². The normalized spacial score (nSPS) is 22.6. The van der Waals surface area contributed by atoms with E-state index in [1.807, 2.05) is 16.6 Å². The third-order valence-corrected chi connectivity index (χ3v) is 6.71. The molecule has 3 heterocycles. The summed E-state index contributed by atoms with van der Waals surface area (Å²) < 4.78 is 1.96. The Morgan fingerprint density at radius 2 is 1.85 bits per heavy atom. The Hall–Kier alpha value is -2.14. The minimum Gasteiger partial charge on any atom is -0.333 e. The maximum atomic E-state index is 13.4. The minimum absolute atomic E-state index is 0.114. The van der Waals surface area contributed by atoms with Crippen molar-refractivity contribution in [1.82, 2.24) is 19.6 Å². The first-order valence-corrected chi connectivity index (χ1v) is 10.4. The second kappa shape index (κ2) is 6.79. The van der Waals surface area contributed by atoms with Gasteiger partial charge >= 0.3 is 0 Å². The van der Waals surface area contributed by atoms with Crippen LogP contribution in [0.25, 0.3) is 0 Å². The predicted octanol–water partition coefficient (Wildman–Crippen LogP) is 2.57. The predicted molar refractivity (Wildman–Crippen MR) is 105 cm³/mol. The molecule has 1 saturated heterocycles. The van der Waals surface area contributed by atoms with Gasteiger partial charge < -0.3 is 9.80 Å². The first-order valence-electron chi connectivity index (χ1n) is 10.4. The summed E-state index contributed by atoms with van der Waals surface area (Å²) >= 11 is 0. The highest BCUT2D eigenvalue weighted by atomic mass is 16.2. The van der Waals surface area contributed by atoms with Crippen LogP contribution in [-0.2, 0) is 32.9 Å². The molecule has 5 heteroatoms. The molecule has 0 N–H and O–H groups in total. The van der Waals surface area contributed by atoms with Gasteiger partial charge in [0.1, 0.15) is 0 Å². The summed E-state index contributed by atoms with van der Waals surface area (Å²) in [5, 5.41) is 4.69. The molecule has 3 aliphatic rings. The maximum Gasteiger partial charge on any atom is 0.274 e. The fourth-order valence-electron chi connectivity index (χ4n) is 5.18. The summed E-state index contributed by atoms with van der Waals surface area (Å²) in [4.78, 5) is 18.0. The van der Waals surface area contributed by atoms with Crippen LogP contribution in [0.5, 0.6) is 0 Å². The van der Waals surface area contributed by atoms with E-state index < -0.39 is 0 Å². The van der Waals surface area contributed by atoms with Crippen molar-refractivity contribution < 1.29 is 4.79 Å². The number of benzene rings is 1. The van der Waals surface area contributed by atoms with E-state index in [-0.39, 0.29) is 5.91 Å². The molecule has 2 aliphatic heterocycles. The van der Waals surface area contributed by atoms with E-state index in [0.29, 0.717) is 18.3 Å². The van der Waals surface area contributed by atoms with E-state index in [0.717, 1.165) is 25.8 Å². The lowest BCUT2D eigenvalue weighted by Gasteiger charge is -2.32. The number of rotatable bonds is 2. The number of nitrogens with zero attached hydrogens (tertiary/aromatic N) is 4. The number of aromatic nitrogens is 2. The Balaban J connectivity index is 1.40. The lowest BCUT2D eigenvalue weighted by Crippen LogP contribution is -2.39. The monoisotopic (exact) mass is 364 g/mol. The van der Waals surface area contributed by atoms with Gasteiger partial charge in [-0.25, -0.2) is 0 Å². The molecule has 0 bridgehead atoms. The first kappa shape index (κ1) is 17.0. The quantitative estimate of drug-likeness (QED) is 0.822. The van der Waals surface area contributed by atoms with E-state index in [4.69, 9.17) is 5.10 Å². The highest BCUT2D eigenvalue weighted by molar-refractivity contribution is 5.94. The van der Waals surface area contributed by atoms with E-state index in [1.165, 1.54) is 54.7 Å². The zero-order chi connectivity index (χ0) is 18.4. The van der Waals surface area contributed by atoms with Crippen molar-refractivity contribution in [2.24, 2.45) is 7.05 Å². The lowest BCUT2D eigenvalue weighted by molar-refractivity contribution is 0.0726. The lowest BCUT2D eigenvalue weighted by atomic mass is 9.90. The number of carbonyl (C=O) groups is 1. The van der Waals surface area contributed by atoms with Gasteiger partial charge in [0.05, 0.1) is 0 Å².